The number of fused-ring (bicyclic) bond motifs is 1. The molecule has 1 amide bonds. The molecule has 1 aliphatic rings. The van der Waals surface area contributed by atoms with Gasteiger partial charge in [-0.3, -0.25) is 4.79 Å². The number of rotatable bonds is 5. The lowest BCUT2D eigenvalue weighted by Crippen LogP contribution is -2.36. The second-order valence-electron chi connectivity index (χ2n) is 6.45. The minimum absolute atomic E-state index is 0.0912. The topological polar surface area (TPSA) is 57.7 Å². The van der Waals surface area contributed by atoms with Gasteiger partial charge in [-0.25, -0.2) is 12.8 Å². The molecular formula is C20H23FN2O3S. The van der Waals surface area contributed by atoms with Gasteiger partial charge < -0.3 is 4.90 Å². The van der Waals surface area contributed by atoms with Gasteiger partial charge in [0.2, 0.25) is 10.0 Å². The van der Waals surface area contributed by atoms with Crippen LogP contribution in [-0.4, -0.2) is 38.3 Å². The van der Waals surface area contributed by atoms with Crippen molar-refractivity contribution >= 4 is 21.6 Å². The smallest absolute Gasteiger partial charge is 0.258 e. The maximum absolute atomic E-state index is 13.7. The molecule has 27 heavy (non-hydrogen) atoms. The third kappa shape index (κ3) is 3.75. The second-order valence-corrected chi connectivity index (χ2v) is 8.39. The molecule has 0 saturated heterocycles. The SMILES string of the molecule is CCN(CC)S(=O)(=O)c1cccc(C(=O)N2CCCc3ccc(F)cc32)c1. The molecule has 144 valence electrons. The number of carbonyl (C=O) groups excluding carboxylic acids is 1. The van der Waals surface area contributed by atoms with Crippen molar-refractivity contribution < 1.29 is 17.6 Å². The molecule has 0 spiro atoms. The Balaban J connectivity index is 1.97. The van der Waals surface area contributed by atoms with Crippen molar-refractivity contribution in [2.75, 3.05) is 24.5 Å². The maximum atomic E-state index is 13.7. The molecule has 0 unspecified atom stereocenters. The highest BCUT2D eigenvalue weighted by atomic mass is 32.2. The van der Waals surface area contributed by atoms with Crippen molar-refractivity contribution in [1.82, 2.24) is 4.31 Å². The molecule has 2 aromatic rings. The fourth-order valence-electron chi connectivity index (χ4n) is 3.42. The fraction of sp³-hybridized carbons (Fsp3) is 0.350. The average molecular weight is 390 g/mol. The molecule has 5 nitrogen and oxygen atoms in total. The predicted molar refractivity (Wildman–Crippen MR) is 103 cm³/mol. The quantitative estimate of drug-likeness (QED) is 0.786. The van der Waals surface area contributed by atoms with Crippen LogP contribution < -0.4 is 4.90 Å². The first-order chi connectivity index (χ1) is 12.9. The number of hydrogen-bond acceptors (Lipinski definition) is 3. The van der Waals surface area contributed by atoms with E-state index in [2.05, 4.69) is 0 Å². The minimum Gasteiger partial charge on any atom is -0.308 e. The van der Waals surface area contributed by atoms with Crippen LogP contribution in [0.15, 0.2) is 47.4 Å². The van der Waals surface area contributed by atoms with Crippen molar-refractivity contribution in [3.63, 3.8) is 0 Å². The van der Waals surface area contributed by atoms with E-state index in [0.29, 0.717) is 25.3 Å². The Labute approximate surface area is 159 Å². The Hall–Kier alpha value is -2.25. The van der Waals surface area contributed by atoms with E-state index < -0.39 is 15.8 Å². The van der Waals surface area contributed by atoms with Crippen LogP contribution in [-0.2, 0) is 16.4 Å². The van der Waals surface area contributed by atoms with Crippen molar-refractivity contribution in [1.29, 1.82) is 0 Å². The highest BCUT2D eigenvalue weighted by molar-refractivity contribution is 7.89. The molecule has 0 bridgehead atoms. The predicted octanol–water partition coefficient (Wildman–Crippen LogP) is 3.45. The van der Waals surface area contributed by atoms with E-state index in [1.54, 1.807) is 32.0 Å². The maximum Gasteiger partial charge on any atom is 0.258 e. The van der Waals surface area contributed by atoms with Crippen molar-refractivity contribution in [3.8, 4) is 0 Å². The van der Waals surface area contributed by atoms with Crippen LogP contribution in [0.5, 0.6) is 0 Å². The number of amides is 1. The molecule has 0 aliphatic carbocycles. The summed E-state index contributed by atoms with van der Waals surface area (Å²) in [5.74, 6) is -0.718. The molecule has 7 heteroatoms. The standard InChI is InChI=1S/C20H23FN2O3S/c1-3-22(4-2)27(25,26)18-9-5-7-16(13-18)20(24)23-12-6-8-15-10-11-17(21)14-19(15)23/h5,7,9-11,13-14H,3-4,6,8,12H2,1-2H3. The number of anilines is 1. The first-order valence-corrected chi connectivity index (χ1v) is 10.5. The van der Waals surface area contributed by atoms with Crippen LogP contribution >= 0.6 is 0 Å². The monoisotopic (exact) mass is 390 g/mol. The largest absolute Gasteiger partial charge is 0.308 e. The molecule has 2 aromatic carbocycles. The van der Waals surface area contributed by atoms with E-state index in [1.165, 1.54) is 33.5 Å². The summed E-state index contributed by atoms with van der Waals surface area (Å²) < 4.78 is 40.5. The van der Waals surface area contributed by atoms with Crippen LogP contribution in [0.1, 0.15) is 36.2 Å². The Kier molecular flexibility index (Phi) is 5.62. The average Bonchev–Trinajstić information content (AvgIpc) is 2.67. The number of aryl methyl sites for hydroxylation is 1. The van der Waals surface area contributed by atoms with Crippen molar-refractivity contribution in [2.24, 2.45) is 0 Å². The molecule has 0 saturated carbocycles. The van der Waals surface area contributed by atoms with Gasteiger partial charge in [-0.1, -0.05) is 26.0 Å². The molecule has 0 fully saturated rings. The number of halogens is 1. The Morgan fingerprint density at radius 1 is 1.15 bits per heavy atom. The van der Waals surface area contributed by atoms with E-state index in [9.17, 15) is 17.6 Å². The van der Waals surface area contributed by atoms with Crippen LogP contribution in [0.2, 0.25) is 0 Å². The van der Waals surface area contributed by atoms with Gasteiger partial charge in [0.15, 0.2) is 0 Å². The second kappa shape index (κ2) is 7.78. The Morgan fingerprint density at radius 2 is 1.89 bits per heavy atom. The van der Waals surface area contributed by atoms with Gasteiger partial charge in [0.05, 0.1) is 10.6 Å². The van der Waals surface area contributed by atoms with E-state index in [4.69, 9.17) is 0 Å². The van der Waals surface area contributed by atoms with E-state index in [0.717, 1.165) is 18.4 Å². The van der Waals surface area contributed by atoms with Gasteiger partial charge in [-0.05, 0) is 48.7 Å². The van der Waals surface area contributed by atoms with Gasteiger partial charge in [-0.2, -0.15) is 4.31 Å². The molecular weight excluding hydrogens is 367 g/mol. The van der Waals surface area contributed by atoms with Gasteiger partial charge in [0.25, 0.3) is 5.91 Å². The highest BCUT2D eigenvalue weighted by Gasteiger charge is 2.26. The minimum atomic E-state index is -3.65. The molecule has 0 radical (unpaired) electrons. The van der Waals surface area contributed by atoms with Crippen LogP contribution in [0.4, 0.5) is 10.1 Å². The zero-order chi connectivity index (χ0) is 19.6. The number of hydrogen-bond donors (Lipinski definition) is 0. The molecule has 1 aliphatic heterocycles. The first kappa shape index (κ1) is 19.5. The number of carbonyl (C=O) groups is 1. The zero-order valence-electron chi connectivity index (χ0n) is 15.5. The molecule has 0 aromatic heterocycles. The fourth-order valence-corrected chi connectivity index (χ4v) is 4.92. The Morgan fingerprint density at radius 3 is 2.59 bits per heavy atom. The summed E-state index contributed by atoms with van der Waals surface area (Å²) in [6.07, 6.45) is 1.57. The van der Waals surface area contributed by atoms with E-state index >= 15 is 0 Å². The zero-order valence-corrected chi connectivity index (χ0v) is 16.3. The van der Waals surface area contributed by atoms with Gasteiger partial charge in [0.1, 0.15) is 5.82 Å². The van der Waals surface area contributed by atoms with Crippen LogP contribution in [0.25, 0.3) is 0 Å². The lowest BCUT2D eigenvalue weighted by Gasteiger charge is -2.29. The van der Waals surface area contributed by atoms with Crippen LogP contribution in [0, 0.1) is 5.82 Å². The molecule has 3 rings (SSSR count). The molecule has 0 N–H and O–H groups in total. The first-order valence-electron chi connectivity index (χ1n) is 9.09. The van der Waals surface area contributed by atoms with Crippen molar-refractivity contribution in [3.05, 3.63) is 59.4 Å². The lowest BCUT2D eigenvalue weighted by atomic mass is 10.0. The summed E-state index contributed by atoms with van der Waals surface area (Å²) in [6, 6.07) is 10.5. The Bertz CT molecular complexity index is 955. The summed E-state index contributed by atoms with van der Waals surface area (Å²) in [6.45, 7) is 4.73. The summed E-state index contributed by atoms with van der Waals surface area (Å²) in [5, 5.41) is 0. The summed E-state index contributed by atoms with van der Waals surface area (Å²) >= 11 is 0. The highest BCUT2D eigenvalue weighted by Crippen LogP contribution is 2.29. The number of benzene rings is 2. The van der Waals surface area contributed by atoms with Crippen molar-refractivity contribution in [2.45, 2.75) is 31.6 Å². The van der Waals surface area contributed by atoms with E-state index in [-0.39, 0.29) is 16.4 Å². The normalized spacial score (nSPS) is 14.3. The third-order valence-corrected chi connectivity index (χ3v) is 6.88. The number of sulfonamides is 1. The molecule has 1 heterocycles. The van der Waals surface area contributed by atoms with Crippen LogP contribution in [0.3, 0.4) is 0 Å². The van der Waals surface area contributed by atoms with E-state index in [1.807, 2.05) is 0 Å². The number of nitrogens with zero attached hydrogens (tertiary/aromatic N) is 2. The van der Waals surface area contributed by atoms with Gasteiger partial charge in [-0.15, -0.1) is 0 Å². The summed E-state index contributed by atoms with van der Waals surface area (Å²) in [4.78, 5) is 14.7. The third-order valence-electron chi connectivity index (χ3n) is 4.84. The summed E-state index contributed by atoms with van der Waals surface area (Å²) in [7, 11) is -3.65. The molecule has 0 atom stereocenters. The van der Waals surface area contributed by atoms with Gasteiger partial charge in [0, 0.05) is 25.2 Å². The summed E-state index contributed by atoms with van der Waals surface area (Å²) in [5.41, 5.74) is 1.76. The lowest BCUT2D eigenvalue weighted by molar-refractivity contribution is 0.0985. The van der Waals surface area contributed by atoms with Gasteiger partial charge >= 0.3 is 0 Å².